The Bertz CT molecular complexity index is 447. The number of nitrogens with one attached hydrogen (secondary N) is 1. The molecule has 0 aromatic carbocycles. The fourth-order valence-electron chi connectivity index (χ4n) is 2.66. The molecule has 0 aliphatic carbocycles. The van der Waals surface area contributed by atoms with E-state index in [1.807, 2.05) is 0 Å². The zero-order chi connectivity index (χ0) is 15.0. The minimum absolute atomic E-state index is 0.143. The summed E-state index contributed by atoms with van der Waals surface area (Å²) in [7, 11) is 0. The molecule has 1 aliphatic heterocycles. The number of nitrogens with zero attached hydrogens (tertiary/aromatic N) is 4. The lowest BCUT2D eigenvalue weighted by Crippen LogP contribution is -2.65. The molecule has 1 saturated heterocycles. The second-order valence-corrected chi connectivity index (χ2v) is 7.66. The minimum atomic E-state index is 0.143. The van der Waals surface area contributed by atoms with E-state index < -0.39 is 0 Å². The van der Waals surface area contributed by atoms with Crippen molar-refractivity contribution in [3.63, 3.8) is 0 Å². The zero-order valence-electron chi connectivity index (χ0n) is 13.8. The van der Waals surface area contributed by atoms with Crippen LogP contribution < -0.4 is 5.32 Å². The average molecular weight is 279 g/mol. The SMILES string of the molecule is CC(C)Cn1ncnc1CN1CC(C)(C)NCC1(C)C. The minimum Gasteiger partial charge on any atom is -0.309 e. The average Bonchev–Trinajstić information content (AvgIpc) is 2.71. The summed E-state index contributed by atoms with van der Waals surface area (Å²) >= 11 is 0. The van der Waals surface area contributed by atoms with Crippen LogP contribution in [0.25, 0.3) is 0 Å². The second-order valence-electron chi connectivity index (χ2n) is 7.66. The van der Waals surface area contributed by atoms with Crippen LogP contribution in [0, 0.1) is 5.92 Å². The lowest BCUT2D eigenvalue weighted by Gasteiger charge is -2.49. The normalized spacial score (nSPS) is 22.4. The van der Waals surface area contributed by atoms with E-state index in [9.17, 15) is 0 Å². The Kier molecular flexibility index (Phi) is 4.21. The summed E-state index contributed by atoms with van der Waals surface area (Å²) in [5.41, 5.74) is 0.294. The molecule has 114 valence electrons. The second kappa shape index (κ2) is 5.45. The molecule has 2 heterocycles. The Morgan fingerprint density at radius 1 is 1.30 bits per heavy atom. The topological polar surface area (TPSA) is 46.0 Å². The van der Waals surface area contributed by atoms with Crippen molar-refractivity contribution in [3.8, 4) is 0 Å². The zero-order valence-corrected chi connectivity index (χ0v) is 13.8. The maximum atomic E-state index is 4.47. The standard InChI is InChI=1S/C15H29N5/c1-12(2)7-20-13(16-11-18-20)8-19-10-14(3,4)17-9-15(19,5)6/h11-12,17H,7-10H2,1-6H3. The summed E-state index contributed by atoms with van der Waals surface area (Å²) < 4.78 is 2.05. The molecule has 5 nitrogen and oxygen atoms in total. The Balaban J connectivity index is 2.13. The molecule has 0 radical (unpaired) electrons. The van der Waals surface area contributed by atoms with Gasteiger partial charge in [-0.2, -0.15) is 5.10 Å². The van der Waals surface area contributed by atoms with Crippen molar-refractivity contribution < 1.29 is 0 Å². The predicted molar refractivity (Wildman–Crippen MR) is 81.4 cm³/mol. The van der Waals surface area contributed by atoms with Gasteiger partial charge in [-0.3, -0.25) is 4.90 Å². The highest BCUT2D eigenvalue weighted by Crippen LogP contribution is 2.25. The van der Waals surface area contributed by atoms with E-state index in [2.05, 4.69) is 66.5 Å². The van der Waals surface area contributed by atoms with Crippen LogP contribution in [0.1, 0.15) is 47.4 Å². The number of piperazine rings is 1. The predicted octanol–water partition coefficient (Wildman–Crippen LogP) is 1.90. The third-order valence-electron chi connectivity index (χ3n) is 4.01. The smallest absolute Gasteiger partial charge is 0.141 e. The van der Waals surface area contributed by atoms with Gasteiger partial charge in [-0.1, -0.05) is 13.8 Å². The van der Waals surface area contributed by atoms with Crippen molar-refractivity contribution in [1.82, 2.24) is 25.0 Å². The van der Waals surface area contributed by atoms with Crippen LogP contribution in [0.3, 0.4) is 0 Å². The van der Waals surface area contributed by atoms with Gasteiger partial charge in [0.2, 0.25) is 0 Å². The lowest BCUT2D eigenvalue weighted by atomic mass is 9.91. The van der Waals surface area contributed by atoms with Gasteiger partial charge in [0.15, 0.2) is 0 Å². The van der Waals surface area contributed by atoms with Gasteiger partial charge >= 0.3 is 0 Å². The first-order chi connectivity index (χ1) is 9.20. The van der Waals surface area contributed by atoms with Gasteiger partial charge in [0.05, 0.1) is 6.54 Å². The molecule has 0 amide bonds. The van der Waals surface area contributed by atoms with Crippen molar-refractivity contribution in [1.29, 1.82) is 0 Å². The van der Waals surface area contributed by atoms with Crippen LogP contribution in [-0.4, -0.2) is 43.8 Å². The van der Waals surface area contributed by atoms with E-state index in [1.54, 1.807) is 6.33 Å². The first kappa shape index (κ1) is 15.4. The van der Waals surface area contributed by atoms with Gasteiger partial charge in [0.1, 0.15) is 12.2 Å². The van der Waals surface area contributed by atoms with Crippen LogP contribution >= 0.6 is 0 Å². The van der Waals surface area contributed by atoms with E-state index in [4.69, 9.17) is 0 Å². The first-order valence-electron chi connectivity index (χ1n) is 7.56. The van der Waals surface area contributed by atoms with Crippen LogP contribution in [-0.2, 0) is 13.1 Å². The summed E-state index contributed by atoms with van der Waals surface area (Å²) in [4.78, 5) is 6.98. The van der Waals surface area contributed by atoms with Gasteiger partial charge in [-0.25, -0.2) is 9.67 Å². The molecule has 1 aromatic heterocycles. The third-order valence-corrected chi connectivity index (χ3v) is 4.01. The number of hydrogen-bond acceptors (Lipinski definition) is 4. The lowest BCUT2D eigenvalue weighted by molar-refractivity contribution is 0.0290. The molecule has 1 N–H and O–H groups in total. The summed E-state index contributed by atoms with van der Waals surface area (Å²) in [6.07, 6.45) is 1.68. The summed E-state index contributed by atoms with van der Waals surface area (Å²) in [6, 6.07) is 0. The first-order valence-corrected chi connectivity index (χ1v) is 7.56. The van der Waals surface area contributed by atoms with Crippen molar-refractivity contribution in [3.05, 3.63) is 12.2 Å². The third kappa shape index (κ3) is 3.58. The Labute approximate surface area is 122 Å². The molecule has 2 rings (SSSR count). The number of hydrogen-bond donors (Lipinski definition) is 1. The largest absolute Gasteiger partial charge is 0.309 e. The molecule has 5 heteroatoms. The molecule has 0 saturated carbocycles. The fourth-order valence-corrected chi connectivity index (χ4v) is 2.66. The fraction of sp³-hybridized carbons (Fsp3) is 0.867. The van der Waals surface area contributed by atoms with Crippen molar-refractivity contribution in [2.45, 2.75) is 65.7 Å². The highest BCUT2D eigenvalue weighted by molar-refractivity contribution is 4.99. The molecule has 0 unspecified atom stereocenters. The van der Waals surface area contributed by atoms with E-state index in [0.717, 1.165) is 32.0 Å². The number of rotatable bonds is 4. The molecule has 20 heavy (non-hydrogen) atoms. The van der Waals surface area contributed by atoms with Gasteiger partial charge in [0, 0.05) is 30.7 Å². The van der Waals surface area contributed by atoms with Gasteiger partial charge < -0.3 is 5.32 Å². The maximum Gasteiger partial charge on any atom is 0.141 e. The maximum absolute atomic E-state index is 4.47. The van der Waals surface area contributed by atoms with E-state index >= 15 is 0 Å². The highest BCUT2D eigenvalue weighted by atomic mass is 15.4. The molecular weight excluding hydrogens is 250 g/mol. The van der Waals surface area contributed by atoms with E-state index in [1.165, 1.54) is 0 Å². The summed E-state index contributed by atoms with van der Waals surface area (Å²) in [5, 5.41) is 7.99. The molecule has 1 aromatic rings. The van der Waals surface area contributed by atoms with Crippen LogP contribution in [0.15, 0.2) is 6.33 Å². The van der Waals surface area contributed by atoms with E-state index in [0.29, 0.717) is 5.92 Å². The highest BCUT2D eigenvalue weighted by Gasteiger charge is 2.38. The van der Waals surface area contributed by atoms with Crippen LogP contribution in [0.4, 0.5) is 0 Å². The Hall–Kier alpha value is -0.940. The molecular formula is C15H29N5. The Morgan fingerprint density at radius 3 is 2.65 bits per heavy atom. The molecule has 0 spiro atoms. The van der Waals surface area contributed by atoms with E-state index in [-0.39, 0.29) is 11.1 Å². The molecule has 1 fully saturated rings. The van der Waals surface area contributed by atoms with Crippen molar-refractivity contribution >= 4 is 0 Å². The quantitative estimate of drug-likeness (QED) is 0.914. The molecule has 0 bridgehead atoms. The molecule has 1 aliphatic rings. The monoisotopic (exact) mass is 279 g/mol. The van der Waals surface area contributed by atoms with Crippen molar-refractivity contribution in [2.24, 2.45) is 5.92 Å². The molecule has 0 atom stereocenters. The van der Waals surface area contributed by atoms with Gasteiger partial charge in [0.25, 0.3) is 0 Å². The van der Waals surface area contributed by atoms with Crippen LogP contribution in [0.5, 0.6) is 0 Å². The van der Waals surface area contributed by atoms with Crippen LogP contribution in [0.2, 0.25) is 0 Å². The van der Waals surface area contributed by atoms with Gasteiger partial charge in [-0.15, -0.1) is 0 Å². The van der Waals surface area contributed by atoms with Crippen molar-refractivity contribution in [2.75, 3.05) is 13.1 Å². The summed E-state index contributed by atoms with van der Waals surface area (Å²) in [6.45, 7) is 17.3. The summed E-state index contributed by atoms with van der Waals surface area (Å²) in [5.74, 6) is 1.66. The Morgan fingerprint density at radius 2 is 2.00 bits per heavy atom. The number of aromatic nitrogens is 3. The van der Waals surface area contributed by atoms with Gasteiger partial charge in [-0.05, 0) is 33.6 Å².